The Morgan fingerprint density at radius 3 is 2.18 bits per heavy atom. The van der Waals surface area contributed by atoms with E-state index in [9.17, 15) is 33.1 Å². The molecule has 1 aliphatic heterocycles. The summed E-state index contributed by atoms with van der Waals surface area (Å²) in [6.07, 6.45) is 0. The van der Waals surface area contributed by atoms with Gasteiger partial charge in [0.15, 0.2) is 17.3 Å². The minimum Gasteiger partial charge on any atom is -0.478 e. The van der Waals surface area contributed by atoms with E-state index in [-0.39, 0.29) is 44.9 Å². The van der Waals surface area contributed by atoms with E-state index in [4.69, 9.17) is 0 Å². The van der Waals surface area contributed by atoms with Gasteiger partial charge in [0.05, 0.1) is 22.4 Å². The molecule has 3 amide bonds. The number of hydrogen-bond donors (Lipinski definition) is 2. The van der Waals surface area contributed by atoms with Crippen molar-refractivity contribution in [2.75, 3.05) is 19.0 Å². The summed E-state index contributed by atoms with van der Waals surface area (Å²) in [5.41, 5.74) is 0.373. The molecule has 4 aromatic rings. The third-order valence-corrected chi connectivity index (χ3v) is 6.04. The van der Waals surface area contributed by atoms with Crippen molar-refractivity contribution in [2.45, 2.75) is 0 Å². The van der Waals surface area contributed by atoms with Crippen LogP contribution >= 0.6 is 0 Å². The highest BCUT2D eigenvalue weighted by molar-refractivity contribution is 6.35. The predicted octanol–water partition coefficient (Wildman–Crippen LogP) is 3.62. The number of aromatic nitrogens is 3. The fraction of sp³-hybridized carbons (Fsp3) is 0.0769. The molecule has 0 spiro atoms. The van der Waals surface area contributed by atoms with E-state index in [0.717, 1.165) is 17.0 Å². The quantitative estimate of drug-likeness (QED) is 0.386. The number of carbonyl (C=O) groups excluding carboxylic acids is 3. The lowest BCUT2D eigenvalue weighted by Crippen LogP contribution is -2.31. The minimum absolute atomic E-state index is 0.0102. The first-order chi connectivity index (χ1) is 18.1. The lowest BCUT2D eigenvalue weighted by molar-refractivity contribution is 0.0697. The van der Waals surface area contributed by atoms with Crippen LogP contribution in [0, 0.1) is 11.6 Å². The second-order valence-corrected chi connectivity index (χ2v) is 8.59. The first-order valence-corrected chi connectivity index (χ1v) is 11.1. The summed E-state index contributed by atoms with van der Waals surface area (Å²) in [5, 5.41) is 20.0. The molecule has 10 nitrogen and oxygen atoms in total. The number of H-pyrrole nitrogens is 1. The maximum absolute atomic E-state index is 13.8. The van der Waals surface area contributed by atoms with Crippen LogP contribution in [-0.2, 0) is 0 Å². The Labute approximate surface area is 213 Å². The first kappa shape index (κ1) is 24.4. The molecule has 0 bridgehead atoms. The number of amides is 3. The summed E-state index contributed by atoms with van der Waals surface area (Å²) in [6, 6.07) is 11.2. The van der Waals surface area contributed by atoms with Gasteiger partial charge >= 0.3 is 5.97 Å². The Balaban J connectivity index is 1.59. The largest absolute Gasteiger partial charge is 0.478 e. The summed E-state index contributed by atoms with van der Waals surface area (Å²) in [7, 11) is 3.08. The Morgan fingerprint density at radius 2 is 1.50 bits per heavy atom. The normalized spacial score (nSPS) is 12.6. The Kier molecular flexibility index (Phi) is 5.78. The van der Waals surface area contributed by atoms with Gasteiger partial charge in [-0.3, -0.25) is 14.4 Å². The lowest BCUT2D eigenvalue weighted by atomic mass is 10.0. The number of anilines is 1. The van der Waals surface area contributed by atoms with Crippen LogP contribution in [0.15, 0.2) is 54.6 Å². The number of benzene rings is 3. The number of aromatic amines is 1. The smallest absolute Gasteiger partial charge is 0.337 e. The number of carboxylic acids is 1. The van der Waals surface area contributed by atoms with Crippen LogP contribution in [0.25, 0.3) is 22.4 Å². The summed E-state index contributed by atoms with van der Waals surface area (Å²) in [4.78, 5) is 53.2. The molecular weight excluding hydrogens is 500 g/mol. The number of halogens is 2. The monoisotopic (exact) mass is 517 g/mol. The molecule has 2 N–H and O–H groups in total. The van der Waals surface area contributed by atoms with E-state index in [1.807, 2.05) is 0 Å². The number of carbonyl (C=O) groups is 4. The molecule has 1 aromatic heterocycles. The number of imide groups is 1. The highest BCUT2D eigenvalue weighted by Gasteiger charge is 2.39. The third-order valence-electron chi connectivity index (χ3n) is 6.04. The van der Waals surface area contributed by atoms with Gasteiger partial charge in [0.1, 0.15) is 5.69 Å². The molecule has 1 aliphatic rings. The molecular formula is C26H17F2N5O5. The van der Waals surface area contributed by atoms with E-state index in [0.29, 0.717) is 5.56 Å². The molecule has 0 unspecified atom stereocenters. The topological polar surface area (TPSA) is 137 Å². The zero-order valence-corrected chi connectivity index (χ0v) is 19.8. The highest BCUT2D eigenvalue weighted by Crippen LogP contribution is 2.36. The lowest BCUT2D eigenvalue weighted by Gasteiger charge is -2.18. The fourth-order valence-corrected chi connectivity index (χ4v) is 4.15. The average Bonchev–Trinajstić information content (AvgIpc) is 3.47. The Bertz CT molecular complexity index is 1680. The molecule has 2 heterocycles. The highest BCUT2D eigenvalue weighted by atomic mass is 19.2. The van der Waals surface area contributed by atoms with Gasteiger partial charge in [-0.15, -0.1) is 0 Å². The van der Waals surface area contributed by atoms with Gasteiger partial charge in [0.2, 0.25) is 0 Å². The molecule has 0 aliphatic carbocycles. The van der Waals surface area contributed by atoms with Crippen LogP contribution in [0.1, 0.15) is 41.6 Å². The summed E-state index contributed by atoms with van der Waals surface area (Å²) in [5.74, 6) is -5.58. The van der Waals surface area contributed by atoms with Crippen LogP contribution in [0.3, 0.4) is 0 Å². The molecule has 0 saturated heterocycles. The van der Waals surface area contributed by atoms with Crippen LogP contribution < -0.4 is 4.90 Å². The Morgan fingerprint density at radius 1 is 0.842 bits per heavy atom. The second-order valence-electron chi connectivity index (χ2n) is 8.59. The van der Waals surface area contributed by atoms with Crippen molar-refractivity contribution >= 4 is 29.4 Å². The molecule has 190 valence electrons. The zero-order valence-electron chi connectivity index (χ0n) is 19.8. The van der Waals surface area contributed by atoms with Crippen LogP contribution in [0.4, 0.5) is 14.5 Å². The van der Waals surface area contributed by atoms with Gasteiger partial charge in [0, 0.05) is 19.7 Å². The van der Waals surface area contributed by atoms with Crippen LogP contribution in [0.5, 0.6) is 0 Å². The van der Waals surface area contributed by atoms with Gasteiger partial charge in [-0.1, -0.05) is 18.2 Å². The van der Waals surface area contributed by atoms with E-state index in [1.54, 1.807) is 0 Å². The number of aromatic carboxylic acids is 1. The van der Waals surface area contributed by atoms with Gasteiger partial charge in [-0.25, -0.2) is 18.5 Å². The molecule has 38 heavy (non-hydrogen) atoms. The van der Waals surface area contributed by atoms with E-state index >= 15 is 0 Å². The van der Waals surface area contributed by atoms with Crippen molar-refractivity contribution in [3.8, 4) is 22.4 Å². The molecule has 5 rings (SSSR count). The second kappa shape index (κ2) is 9.00. The molecule has 0 radical (unpaired) electrons. The average molecular weight is 517 g/mol. The predicted molar refractivity (Wildman–Crippen MR) is 130 cm³/mol. The maximum Gasteiger partial charge on any atom is 0.337 e. The number of fused-ring (bicyclic) bond motifs is 1. The molecule has 3 aromatic carbocycles. The van der Waals surface area contributed by atoms with Crippen LogP contribution in [-0.4, -0.2) is 63.2 Å². The maximum atomic E-state index is 13.8. The van der Waals surface area contributed by atoms with Crippen molar-refractivity contribution in [1.29, 1.82) is 0 Å². The fourth-order valence-electron chi connectivity index (χ4n) is 4.15. The molecule has 12 heteroatoms. The van der Waals surface area contributed by atoms with Crippen molar-refractivity contribution in [3.63, 3.8) is 0 Å². The van der Waals surface area contributed by atoms with E-state index < -0.39 is 35.3 Å². The van der Waals surface area contributed by atoms with Crippen LogP contribution in [0.2, 0.25) is 0 Å². The molecule has 0 fully saturated rings. The number of rotatable bonds is 5. The van der Waals surface area contributed by atoms with Crippen molar-refractivity contribution in [2.24, 2.45) is 0 Å². The van der Waals surface area contributed by atoms with Gasteiger partial charge in [-0.05, 0) is 47.5 Å². The SMILES string of the molecule is CN(C)C(=O)c1n[nH]nc1-c1ccc2c(c1)C(=O)N(c1cc(-c3ccc(F)c(F)c3)ccc1C(=O)O)C2=O. The van der Waals surface area contributed by atoms with E-state index in [2.05, 4.69) is 15.4 Å². The third kappa shape index (κ3) is 3.88. The standard InChI is InChI=1S/C26H17F2N5O5/c1-32(2)25(36)22-21(29-31-30-22)14-4-6-15-17(9-14)24(35)33(23(15)34)20-11-13(3-7-16(20)26(37)38)12-5-8-18(27)19(28)10-12/h3-11H,1-2H3,(H,37,38)(H,29,30,31). The number of hydrogen-bond acceptors (Lipinski definition) is 6. The Hall–Kier alpha value is -5.26. The molecule has 0 atom stereocenters. The first-order valence-electron chi connectivity index (χ1n) is 11.1. The van der Waals surface area contributed by atoms with E-state index in [1.165, 1.54) is 61.5 Å². The number of nitrogens with zero attached hydrogens (tertiary/aromatic N) is 4. The summed E-state index contributed by atoms with van der Waals surface area (Å²) < 4.78 is 27.3. The van der Waals surface area contributed by atoms with Crippen molar-refractivity contribution < 1.29 is 33.1 Å². The van der Waals surface area contributed by atoms with Gasteiger partial charge in [0.25, 0.3) is 17.7 Å². The van der Waals surface area contributed by atoms with Crippen molar-refractivity contribution in [3.05, 3.63) is 88.6 Å². The summed E-state index contributed by atoms with van der Waals surface area (Å²) >= 11 is 0. The minimum atomic E-state index is -1.40. The zero-order chi connectivity index (χ0) is 27.3. The molecule has 0 saturated carbocycles. The summed E-state index contributed by atoms with van der Waals surface area (Å²) in [6.45, 7) is 0. The number of carboxylic acid groups (broad SMARTS) is 1. The van der Waals surface area contributed by atoms with Crippen molar-refractivity contribution in [1.82, 2.24) is 20.3 Å². The van der Waals surface area contributed by atoms with Gasteiger partial charge < -0.3 is 10.0 Å². The van der Waals surface area contributed by atoms with Gasteiger partial charge in [-0.2, -0.15) is 15.4 Å². The number of nitrogens with one attached hydrogen (secondary N) is 1.